The van der Waals surface area contributed by atoms with Crippen LogP contribution in [0.1, 0.15) is 17.2 Å². The summed E-state index contributed by atoms with van der Waals surface area (Å²) in [6.45, 7) is 0. The number of rotatable bonds is 3. The Bertz CT molecular complexity index is 794. The van der Waals surface area contributed by atoms with Crippen LogP contribution in [0, 0.1) is 5.82 Å². The van der Waals surface area contributed by atoms with Crippen LogP contribution in [0.15, 0.2) is 53.3 Å². The van der Waals surface area contributed by atoms with E-state index in [4.69, 9.17) is 0 Å². The molecule has 1 atom stereocenters. The molecule has 1 unspecified atom stereocenters. The molecule has 0 spiro atoms. The van der Waals surface area contributed by atoms with Crippen LogP contribution in [0.5, 0.6) is 0 Å². The number of fused-ring (bicyclic) bond motifs is 1. The van der Waals surface area contributed by atoms with Gasteiger partial charge in [0.2, 0.25) is 0 Å². The molecular formula is C16H12BrFN2O. The third-order valence-electron chi connectivity index (χ3n) is 3.30. The van der Waals surface area contributed by atoms with Gasteiger partial charge in [-0.15, -0.1) is 0 Å². The zero-order valence-electron chi connectivity index (χ0n) is 11.0. The van der Waals surface area contributed by atoms with Crippen LogP contribution in [-0.4, -0.2) is 15.1 Å². The van der Waals surface area contributed by atoms with Gasteiger partial charge in [0.25, 0.3) is 0 Å². The lowest BCUT2D eigenvalue weighted by Crippen LogP contribution is -2.03. The normalized spacial score (nSPS) is 12.5. The number of halogens is 2. The van der Waals surface area contributed by atoms with E-state index in [0.717, 1.165) is 26.6 Å². The summed E-state index contributed by atoms with van der Waals surface area (Å²) in [6, 6.07) is 9.89. The first kappa shape index (κ1) is 14.1. The van der Waals surface area contributed by atoms with E-state index in [-0.39, 0.29) is 5.82 Å². The molecule has 0 amide bonds. The van der Waals surface area contributed by atoms with Gasteiger partial charge in [0.1, 0.15) is 5.82 Å². The van der Waals surface area contributed by atoms with Gasteiger partial charge in [0, 0.05) is 23.3 Å². The molecule has 0 saturated heterocycles. The molecule has 106 valence electrons. The van der Waals surface area contributed by atoms with Crippen molar-refractivity contribution in [1.82, 2.24) is 9.97 Å². The summed E-state index contributed by atoms with van der Waals surface area (Å²) in [5.41, 5.74) is 2.97. The highest BCUT2D eigenvalue weighted by molar-refractivity contribution is 9.10. The van der Waals surface area contributed by atoms with Crippen molar-refractivity contribution < 1.29 is 9.50 Å². The fourth-order valence-electron chi connectivity index (χ4n) is 2.21. The highest BCUT2D eigenvalue weighted by Crippen LogP contribution is 2.25. The summed E-state index contributed by atoms with van der Waals surface area (Å²) in [5.74, 6) is -0.315. The topological polar surface area (TPSA) is 46.0 Å². The summed E-state index contributed by atoms with van der Waals surface area (Å²) < 4.78 is 14.1. The van der Waals surface area contributed by atoms with E-state index >= 15 is 0 Å². The maximum atomic E-state index is 13.3. The molecule has 0 radical (unpaired) electrons. The monoisotopic (exact) mass is 346 g/mol. The number of benzene rings is 2. The fourth-order valence-corrected chi connectivity index (χ4v) is 2.62. The maximum Gasteiger partial charge on any atom is 0.123 e. The standard InChI is InChI=1S/C16H12BrFN2O/c17-13-3-2-12(18)7-11(13)9-16(21)10-1-4-14-15(8-10)20-6-5-19-14/h1-8,16,21H,9H2. The predicted octanol–water partition coefficient (Wildman–Crippen LogP) is 3.81. The van der Waals surface area contributed by atoms with Crippen molar-refractivity contribution in [3.8, 4) is 0 Å². The highest BCUT2D eigenvalue weighted by Gasteiger charge is 2.12. The second-order valence-electron chi connectivity index (χ2n) is 4.76. The van der Waals surface area contributed by atoms with Gasteiger partial charge in [-0.05, 0) is 41.5 Å². The molecule has 2 aromatic carbocycles. The van der Waals surface area contributed by atoms with Crippen LogP contribution in [0.25, 0.3) is 11.0 Å². The largest absolute Gasteiger partial charge is 0.388 e. The number of aliphatic hydroxyl groups excluding tert-OH is 1. The number of nitrogens with zero attached hydrogens (tertiary/aromatic N) is 2. The number of aliphatic hydroxyl groups is 1. The van der Waals surface area contributed by atoms with Crippen molar-refractivity contribution in [3.05, 3.63) is 70.2 Å². The molecule has 3 rings (SSSR count). The van der Waals surface area contributed by atoms with Crippen molar-refractivity contribution in [2.24, 2.45) is 0 Å². The van der Waals surface area contributed by atoms with Gasteiger partial charge in [0.05, 0.1) is 17.1 Å². The zero-order valence-corrected chi connectivity index (χ0v) is 12.6. The van der Waals surface area contributed by atoms with Crippen LogP contribution in [-0.2, 0) is 6.42 Å². The Labute approximate surface area is 129 Å². The lowest BCUT2D eigenvalue weighted by molar-refractivity contribution is 0.178. The van der Waals surface area contributed by atoms with Crippen LogP contribution in [0.2, 0.25) is 0 Å². The van der Waals surface area contributed by atoms with Gasteiger partial charge in [-0.1, -0.05) is 22.0 Å². The second-order valence-corrected chi connectivity index (χ2v) is 5.61. The van der Waals surface area contributed by atoms with Crippen molar-refractivity contribution in [2.75, 3.05) is 0 Å². The van der Waals surface area contributed by atoms with Crippen LogP contribution >= 0.6 is 15.9 Å². The summed E-state index contributed by atoms with van der Waals surface area (Å²) in [4.78, 5) is 8.41. The third-order valence-corrected chi connectivity index (χ3v) is 4.07. The van der Waals surface area contributed by atoms with E-state index in [1.54, 1.807) is 24.5 Å². The van der Waals surface area contributed by atoms with Crippen molar-refractivity contribution in [3.63, 3.8) is 0 Å². The molecule has 0 fully saturated rings. The zero-order chi connectivity index (χ0) is 14.8. The molecule has 0 aliphatic carbocycles. The number of aromatic nitrogens is 2. The van der Waals surface area contributed by atoms with Gasteiger partial charge in [0.15, 0.2) is 0 Å². The van der Waals surface area contributed by atoms with E-state index in [2.05, 4.69) is 25.9 Å². The predicted molar refractivity (Wildman–Crippen MR) is 82.3 cm³/mol. The second kappa shape index (κ2) is 5.87. The lowest BCUT2D eigenvalue weighted by Gasteiger charge is -2.13. The summed E-state index contributed by atoms with van der Waals surface area (Å²) in [7, 11) is 0. The van der Waals surface area contributed by atoms with E-state index in [1.807, 2.05) is 12.1 Å². The quantitative estimate of drug-likeness (QED) is 0.784. The molecule has 5 heteroatoms. The van der Waals surface area contributed by atoms with Crippen molar-refractivity contribution in [1.29, 1.82) is 0 Å². The highest BCUT2D eigenvalue weighted by atomic mass is 79.9. The minimum Gasteiger partial charge on any atom is -0.388 e. The lowest BCUT2D eigenvalue weighted by atomic mass is 10.0. The molecule has 1 N–H and O–H groups in total. The van der Waals surface area contributed by atoms with Crippen LogP contribution < -0.4 is 0 Å². The van der Waals surface area contributed by atoms with Crippen molar-refractivity contribution >= 4 is 27.0 Å². The van der Waals surface area contributed by atoms with Gasteiger partial charge in [-0.2, -0.15) is 0 Å². The third kappa shape index (κ3) is 3.09. The molecule has 21 heavy (non-hydrogen) atoms. The Morgan fingerprint density at radius 2 is 1.81 bits per heavy atom. The first-order valence-corrected chi connectivity index (χ1v) is 7.25. The molecule has 0 aliphatic heterocycles. The first-order valence-electron chi connectivity index (χ1n) is 6.46. The summed E-state index contributed by atoms with van der Waals surface area (Å²) >= 11 is 3.37. The molecule has 0 aliphatic rings. The van der Waals surface area contributed by atoms with E-state index < -0.39 is 6.10 Å². The summed E-state index contributed by atoms with van der Waals surface area (Å²) in [6.07, 6.45) is 2.84. The number of hydrogen-bond donors (Lipinski definition) is 1. The van der Waals surface area contributed by atoms with Gasteiger partial charge < -0.3 is 5.11 Å². The minimum absolute atomic E-state index is 0.315. The Balaban J connectivity index is 1.89. The van der Waals surface area contributed by atoms with E-state index in [1.165, 1.54) is 12.1 Å². The molecule has 0 bridgehead atoms. The first-order chi connectivity index (χ1) is 10.1. The molecule has 3 aromatic rings. The van der Waals surface area contributed by atoms with Gasteiger partial charge in [-0.25, -0.2) is 4.39 Å². The Morgan fingerprint density at radius 3 is 2.62 bits per heavy atom. The van der Waals surface area contributed by atoms with Crippen molar-refractivity contribution in [2.45, 2.75) is 12.5 Å². The molecule has 3 nitrogen and oxygen atoms in total. The van der Waals surface area contributed by atoms with Crippen LogP contribution in [0.3, 0.4) is 0 Å². The van der Waals surface area contributed by atoms with Crippen LogP contribution in [0.4, 0.5) is 4.39 Å². The number of hydrogen-bond acceptors (Lipinski definition) is 3. The minimum atomic E-state index is -0.727. The molecular weight excluding hydrogens is 335 g/mol. The Morgan fingerprint density at radius 1 is 1.05 bits per heavy atom. The van der Waals surface area contributed by atoms with E-state index in [0.29, 0.717) is 6.42 Å². The van der Waals surface area contributed by atoms with Gasteiger partial charge >= 0.3 is 0 Å². The summed E-state index contributed by atoms with van der Waals surface area (Å²) in [5, 5.41) is 10.4. The Hall–Kier alpha value is -1.85. The Kier molecular flexibility index (Phi) is 3.94. The molecule has 0 saturated carbocycles. The maximum absolute atomic E-state index is 13.3. The van der Waals surface area contributed by atoms with E-state index in [9.17, 15) is 9.50 Å². The smallest absolute Gasteiger partial charge is 0.123 e. The van der Waals surface area contributed by atoms with Gasteiger partial charge in [-0.3, -0.25) is 9.97 Å². The fraction of sp³-hybridized carbons (Fsp3) is 0.125. The molecule has 1 aromatic heterocycles. The SMILES string of the molecule is OC(Cc1cc(F)ccc1Br)c1ccc2nccnc2c1. The average molecular weight is 347 g/mol. The molecule has 1 heterocycles. The average Bonchev–Trinajstić information content (AvgIpc) is 2.50.